The monoisotopic (exact) mass is 250 g/mol. The molecular weight excluding hydrogens is 227 g/mol. The van der Waals surface area contributed by atoms with Crippen molar-refractivity contribution in [3.63, 3.8) is 0 Å². The molecule has 2 atom stereocenters. The first-order valence-corrected chi connectivity index (χ1v) is 6.80. The van der Waals surface area contributed by atoms with Crippen LogP contribution in [0.3, 0.4) is 0 Å². The fourth-order valence-electron chi connectivity index (χ4n) is 2.40. The number of rotatable bonds is 1. The quantitative estimate of drug-likeness (QED) is 0.824. The Labute approximate surface area is 109 Å². The maximum absolute atomic E-state index is 13.7. The highest BCUT2D eigenvalue weighted by molar-refractivity contribution is 5.48. The van der Waals surface area contributed by atoms with Gasteiger partial charge in [-0.05, 0) is 50.4 Å². The Hall–Kier alpha value is -1.09. The molecule has 1 fully saturated rings. The molecule has 1 heterocycles. The molecular formula is C15H23FN2. The molecule has 0 bridgehead atoms. The summed E-state index contributed by atoms with van der Waals surface area (Å²) in [6, 6.07) is 6.10. The number of anilines is 1. The van der Waals surface area contributed by atoms with Crippen molar-refractivity contribution in [2.24, 2.45) is 5.92 Å². The largest absolute Gasteiger partial charge is 0.371 e. The van der Waals surface area contributed by atoms with Crippen LogP contribution in [0.1, 0.15) is 25.8 Å². The second-order valence-electron chi connectivity index (χ2n) is 5.58. The van der Waals surface area contributed by atoms with Crippen LogP contribution in [0.25, 0.3) is 0 Å². The minimum atomic E-state index is -0.103. The summed E-state index contributed by atoms with van der Waals surface area (Å²) in [6.07, 6.45) is 1.10. The average molecular weight is 250 g/mol. The second-order valence-corrected chi connectivity index (χ2v) is 5.58. The summed E-state index contributed by atoms with van der Waals surface area (Å²) in [7, 11) is 0. The van der Waals surface area contributed by atoms with Crippen LogP contribution in [-0.2, 0) is 0 Å². The van der Waals surface area contributed by atoms with Gasteiger partial charge in [0.15, 0.2) is 0 Å². The molecule has 0 aliphatic carbocycles. The van der Waals surface area contributed by atoms with Gasteiger partial charge in [0, 0.05) is 24.8 Å². The second kappa shape index (κ2) is 5.70. The van der Waals surface area contributed by atoms with Crippen molar-refractivity contribution >= 4 is 5.69 Å². The van der Waals surface area contributed by atoms with E-state index in [0.717, 1.165) is 31.7 Å². The standard InChI is InChI=1S/C15H23FN2/c1-11-9-17-13(3)6-7-18(10-11)14-5-4-12(2)15(16)8-14/h4-5,8,11,13,17H,6-7,9-10H2,1-3H3. The van der Waals surface area contributed by atoms with E-state index in [0.29, 0.717) is 17.5 Å². The first kappa shape index (κ1) is 13.3. The van der Waals surface area contributed by atoms with Gasteiger partial charge in [-0.2, -0.15) is 0 Å². The van der Waals surface area contributed by atoms with Crippen molar-refractivity contribution in [1.82, 2.24) is 5.32 Å². The van der Waals surface area contributed by atoms with E-state index in [-0.39, 0.29) is 5.82 Å². The van der Waals surface area contributed by atoms with E-state index in [4.69, 9.17) is 0 Å². The molecule has 1 aromatic carbocycles. The number of nitrogens with zero attached hydrogens (tertiary/aromatic N) is 1. The highest BCUT2D eigenvalue weighted by atomic mass is 19.1. The van der Waals surface area contributed by atoms with Crippen LogP contribution in [0, 0.1) is 18.7 Å². The van der Waals surface area contributed by atoms with Crippen molar-refractivity contribution in [2.75, 3.05) is 24.5 Å². The summed E-state index contributed by atoms with van der Waals surface area (Å²) in [4.78, 5) is 2.31. The van der Waals surface area contributed by atoms with E-state index in [1.807, 2.05) is 12.1 Å². The minimum absolute atomic E-state index is 0.103. The number of aryl methyl sites for hydroxylation is 1. The lowest BCUT2D eigenvalue weighted by atomic mass is 10.1. The Morgan fingerprint density at radius 3 is 2.83 bits per heavy atom. The Bertz CT molecular complexity index is 405. The molecule has 0 amide bonds. The SMILES string of the molecule is Cc1ccc(N2CCC(C)NCC(C)C2)cc1F. The summed E-state index contributed by atoms with van der Waals surface area (Å²) in [5.41, 5.74) is 1.73. The average Bonchev–Trinajstić information content (AvgIpc) is 2.33. The zero-order chi connectivity index (χ0) is 13.1. The molecule has 1 aliphatic rings. The maximum atomic E-state index is 13.7. The van der Waals surface area contributed by atoms with Crippen molar-refractivity contribution in [1.29, 1.82) is 0 Å². The molecule has 18 heavy (non-hydrogen) atoms. The van der Waals surface area contributed by atoms with Gasteiger partial charge in [0.1, 0.15) is 5.82 Å². The summed E-state index contributed by atoms with van der Waals surface area (Å²) < 4.78 is 13.7. The lowest BCUT2D eigenvalue weighted by Gasteiger charge is -2.33. The van der Waals surface area contributed by atoms with Gasteiger partial charge >= 0.3 is 0 Å². The summed E-state index contributed by atoms with van der Waals surface area (Å²) in [6.45, 7) is 9.27. The molecule has 2 unspecified atom stereocenters. The third-order valence-corrected chi connectivity index (χ3v) is 3.70. The molecule has 2 rings (SSSR count). The third-order valence-electron chi connectivity index (χ3n) is 3.70. The summed E-state index contributed by atoms with van der Waals surface area (Å²) >= 11 is 0. The molecule has 0 aromatic heterocycles. The predicted octanol–water partition coefficient (Wildman–Crippen LogP) is 2.96. The fourth-order valence-corrected chi connectivity index (χ4v) is 2.40. The maximum Gasteiger partial charge on any atom is 0.128 e. The van der Waals surface area contributed by atoms with Gasteiger partial charge < -0.3 is 10.2 Å². The smallest absolute Gasteiger partial charge is 0.128 e. The van der Waals surface area contributed by atoms with Crippen molar-refractivity contribution in [2.45, 2.75) is 33.2 Å². The summed E-state index contributed by atoms with van der Waals surface area (Å²) in [5, 5.41) is 3.53. The van der Waals surface area contributed by atoms with E-state index in [1.165, 1.54) is 0 Å². The normalized spacial score (nSPS) is 25.7. The first-order chi connectivity index (χ1) is 8.56. The Morgan fingerprint density at radius 1 is 1.33 bits per heavy atom. The fraction of sp³-hybridized carbons (Fsp3) is 0.600. The lowest BCUT2D eigenvalue weighted by molar-refractivity contribution is 0.410. The van der Waals surface area contributed by atoms with Gasteiger partial charge in [-0.15, -0.1) is 0 Å². The molecule has 0 radical (unpaired) electrons. The van der Waals surface area contributed by atoms with Crippen LogP contribution in [0.5, 0.6) is 0 Å². The van der Waals surface area contributed by atoms with E-state index in [1.54, 1.807) is 13.0 Å². The van der Waals surface area contributed by atoms with E-state index in [2.05, 4.69) is 24.1 Å². The van der Waals surface area contributed by atoms with Gasteiger partial charge in [-0.3, -0.25) is 0 Å². The lowest BCUT2D eigenvalue weighted by Crippen LogP contribution is -2.42. The van der Waals surface area contributed by atoms with Gasteiger partial charge in [0.05, 0.1) is 0 Å². The summed E-state index contributed by atoms with van der Waals surface area (Å²) in [5.74, 6) is 0.477. The number of hydrogen-bond acceptors (Lipinski definition) is 2. The van der Waals surface area contributed by atoms with Crippen molar-refractivity contribution < 1.29 is 4.39 Å². The zero-order valence-electron chi connectivity index (χ0n) is 11.5. The van der Waals surface area contributed by atoms with E-state index in [9.17, 15) is 4.39 Å². The van der Waals surface area contributed by atoms with Crippen LogP contribution < -0.4 is 10.2 Å². The number of benzene rings is 1. The molecule has 1 saturated heterocycles. The van der Waals surface area contributed by atoms with Gasteiger partial charge in [0.2, 0.25) is 0 Å². The molecule has 3 heteroatoms. The van der Waals surface area contributed by atoms with Crippen LogP contribution in [0.2, 0.25) is 0 Å². The topological polar surface area (TPSA) is 15.3 Å². The third kappa shape index (κ3) is 3.22. The van der Waals surface area contributed by atoms with Crippen LogP contribution in [0.15, 0.2) is 18.2 Å². The molecule has 0 spiro atoms. The number of nitrogens with one attached hydrogen (secondary N) is 1. The van der Waals surface area contributed by atoms with Gasteiger partial charge in [0.25, 0.3) is 0 Å². The minimum Gasteiger partial charge on any atom is -0.371 e. The van der Waals surface area contributed by atoms with Crippen LogP contribution in [-0.4, -0.2) is 25.7 Å². The Kier molecular flexibility index (Phi) is 4.23. The van der Waals surface area contributed by atoms with Crippen molar-refractivity contribution in [3.05, 3.63) is 29.6 Å². The number of hydrogen-bond donors (Lipinski definition) is 1. The van der Waals surface area contributed by atoms with E-state index >= 15 is 0 Å². The Balaban J connectivity index is 2.15. The predicted molar refractivity (Wildman–Crippen MR) is 74.6 cm³/mol. The molecule has 100 valence electrons. The first-order valence-electron chi connectivity index (χ1n) is 6.80. The highest BCUT2D eigenvalue weighted by Gasteiger charge is 2.17. The van der Waals surface area contributed by atoms with Crippen molar-refractivity contribution in [3.8, 4) is 0 Å². The highest BCUT2D eigenvalue weighted by Crippen LogP contribution is 2.21. The van der Waals surface area contributed by atoms with Crippen LogP contribution in [0.4, 0.5) is 10.1 Å². The van der Waals surface area contributed by atoms with Crippen LogP contribution >= 0.6 is 0 Å². The molecule has 1 aliphatic heterocycles. The Morgan fingerprint density at radius 2 is 2.11 bits per heavy atom. The molecule has 2 nitrogen and oxygen atoms in total. The molecule has 1 aromatic rings. The number of halogens is 1. The molecule has 0 saturated carbocycles. The van der Waals surface area contributed by atoms with Gasteiger partial charge in [-0.25, -0.2) is 4.39 Å². The van der Waals surface area contributed by atoms with Gasteiger partial charge in [-0.1, -0.05) is 13.0 Å². The molecule has 1 N–H and O–H groups in total. The zero-order valence-corrected chi connectivity index (χ0v) is 11.5. The van der Waals surface area contributed by atoms with E-state index < -0.39 is 0 Å².